The van der Waals surface area contributed by atoms with Gasteiger partial charge in [0.05, 0.1) is 11.1 Å². The van der Waals surface area contributed by atoms with Crippen molar-refractivity contribution in [3.05, 3.63) is 58.3 Å². The van der Waals surface area contributed by atoms with E-state index in [9.17, 15) is 10.1 Å². The van der Waals surface area contributed by atoms with Gasteiger partial charge >= 0.3 is 0 Å². The Morgan fingerprint density at radius 2 is 2.09 bits per heavy atom. The normalized spacial score (nSPS) is 10.4. The van der Waals surface area contributed by atoms with Crippen LogP contribution in [0, 0.1) is 10.1 Å². The molecule has 2 rings (SSSR count). The highest BCUT2D eigenvalue weighted by Gasteiger charge is 2.06. The van der Waals surface area contributed by atoms with Crippen LogP contribution in [0.3, 0.4) is 0 Å². The van der Waals surface area contributed by atoms with Gasteiger partial charge in [0, 0.05) is 12.1 Å². The van der Waals surface area contributed by atoms with E-state index in [1.54, 1.807) is 30.5 Å². The maximum Gasteiger partial charge on any atom is 0.287 e. The molecule has 0 saturated heterocycles. The van der Waals surface area contributed by atoms with Crippen LogP contribution in [-0.4, -0.2) is 21.2 Å². The van der Waals surface area contributed by atoms with Crippen molar-refractivity contribution in [1.29, 1.82) is 0 Å². The predicted molar refractivity (Wildman–Crippen MR) is 84.9 cm³/mol. The van der Waals surface area contributed by atoms with Gasteiger partial charge in [0.25, 0.3) is 5.69 Å². The summed E-state index contributed by atoms with van der Waals surface area (Å²) in [6.45, 7) is 0. The molecule has 1 heterocycles. The summed E-state index contributed by atoms with van der Waals surface area (Å²) in [5, 5.41) is 14.4. The number of nitrogens with two attached hydrogens (primary N) is 1. The van der Waals surface area contributed by atoms with E-state index in [1.165, 1.54) is 12.1 Å². The van der Waals surface area contributed by atoms with Crippen LogP contribution in [0.5, 0.6) is 11.6 Å². The largest absolute Gasteiger partial charge is 0.439 e. The van der Waals surface area contributed by atoms with Crippen molar-refractivity contribution >= 4 is 29.2 Å². The lowest BCUT2D eigenvalue weighted by atomic mass is 10.2. The Morgan fingerprint density at radius 3 is 2.64 bits per heavy atom. The molecule has 0 aliphatic rings. The maximum absolute atomic E-state index is 10.5. The minimum absolute atomic E-state index is 0.0837. The first-order valence-corrected chi connectivity index (χ1v) is 6.42. The number of hydrogen-bond donors (Lipinski definition) is 2. The molecule has 0 aliphatic heterocycles. The van der Waals surface area contributed by atoms with Crippen LogP contribution in [0.25, 0.3) is 0 Å². The third-order valence-corrected chi connectivity index (χ3v) is 2.51. The zero-order valence-corrected chi connectivity index (χ0v) is 12.0. The first kappa shape index (κ1) is 15.3. The maximum atomic E-state index is 10.5. The lowest BCUT2D eigenvalue weighted by molar-refractivity contribution is -0.385. The molecule has 0 amide bonds. The van der Waals surface area contributed by atoms with Gasteiger partial charge in [-0.25, -0.2) is 4.98 Å². The van der Waals surface area contributed by atoms with E-state index in [-0.39, 0.29) is 16.7 Å². The van der Waals surface area contributed by atoms with Crippen molar-refractivity contribution in [2.45, 2.75) is 0 Å². The molecule has 0 fully saturated rings. The summed E-state index contributed by atoms with van der Waals surface area (Å²) in [5.41, 5.74) is 8.40. The number of nitrogens with zero attached hydrogens (tertiary/aromatic N) is 3. The predicted octanol–water partition coefficient (Wildman–Crippen LogP) is 1.95. The second-order valence-corrected chi connectivity index (χ2v) is 4.46. The van der Waals surface area contributed by atoms with Crippen LogP contribution >= 0.6 is 12.2 Å². The van der Waals surface area contributed by atoms with E-state index in [2.05, 4.69) is 27.7 Å². The third kappa shape index (κ3) is 4.49. The number of hydrazone groups is 1. The number of nitro groups is 1. The van der Waals surface area contributed by atoms with Crippen molar-refractivity contribution in [2.75, 3.05) is 0 Å². The molecule has 112 valence electrons. The fraction of sp³-hybridized carbons (Fsp3) is 0. The molecule has 0 atom stereocenters. The van der Waals surface area contributed by atoms with E-state index in [0.29, 0.717) is 5.75 Å². The van der Waals surface area contributed by atoms with Crippen LogP contribution in [0.2, 0.25) is 0 Å². The van der Waals surface area contributed by atoms with Crippen molar-refractivity contribution in [1.82, 2.24) is 10.4 Å². The minimum Gasteiger partial charge on any atom is -0.439 e. The number of benzene rings is 1. The summed E-state index contributed by atoms with van der Waals surface area (Å²) in [4.78, 5) is 13.9. The van der Waals surface area contributed by atoms with Gasteiger partial charge in [-0.05, 0) is 42.0 Å². The molecule has 0 spiro atoms. The van der Waals surface area contributed by atoms with Crippen molar-refractivity contribution in [2.24, 2.45) is 10.8 Å². The summed E-state index contributed by atoms with van der Waals surface area (Å²) in [6, 6.07) is 9.72. The van der Waals surface area contributed by atoms with Crippen LogP contribution in [-0.2, 0) is 0 Å². The summed E-state index contributed by atoms with van der Waals surface area (Å²) in [7, 11) is 0. The van der Waals surface area contributed by atoms with E-state index in [0.717, 1.165) is 11.8 Å². The smallest absolute Gasteiger partial charge is 0.287 e. The van der Waals surface area contributed by atoms with Crippen LogP contribution in [0.15, 0.2) is 47.7 Å². The standard InChI is InChI=1S/C13H11N5O3S/c14-13(22)17-16-7-9-1-4-11(5-2-9)21-12-6-3-10(8-15-12)18(19)20/h1-8H,(H3,14,17,22). The third-order valence-electron chi connectivity index (χ3n) is 2.42. The molecule has 8 nitrogen and oxygen atoms in total. The van der Waals surface area contributed by atoms with Crippen molar-refractivity contribution < 1.29 is 9.66 Å². The lowest BCUT2D eigenvalue weighted by Crippen LogP contribution is -2.23. The Morgan fingerprint density at radius 1 is 1.36 bits per heavy atom. The highest BCUT2D eigenvalue weighted by Crippen LogP contribution is 2.21. The zero-order valence-electron chi connectivity index (χ0n) is 11.2. The molecule has 0 unspecified atom stereocenters. The fourth-order valence-electron chi connectivity index (χ4n) is 1.45. The monoisotopic (exact) mass is 317 g/mol. The van der Waals surface area contributed by atoms with Crippen LogP contribution < -0.4 is 15.9 Å². The molecule has 2 aromatic rings. The second kappa shape index (κ2) is 7.09. The minimum atomic E-state index is -0.522. The molecule has 0 bridgehead atoms. The highest BCUT2D eigenvalue weighted by atomic mass is 32.1. The number of thiocarbonyl (C=S) groups is 1. The fourth-order valence-corrected chi connectivity index (χ4v) is 1.51. The molecule has 1 aromatic carbocycles. The number of rotatable bonds is 5. The van der Waals surface area contributed by atoms with Crippen LogP contribution in [0.1, 0.15) is 5.56 Å². The Labute approximate surface area is 130 Å². The molecule has 22 heavy (non-hydrogen) atoms. The van der Waals surface area contributed by atoms with E-state index < -0.39 is 4.92 Å². The van der Waals surface area contributed by atoms with E-state index in [4.69, 9.17) is 10.5 Å². The summed E-state index contributed by atoms with van der Waals surface area (Å²) >= 11 is 4.61. The number of ether oxygens (including phenoxy) is 1. The Balaban J connectivity index is 2.00. The highest BCUT2D eigenvalue weighted by molar-refractivity contribution is 7.80. The van der Waals surface area contributed by atoms with E-state index >= 15 is 0 Å². The van der Waals surface area contributed by atoms with Gasteiger partial charge in [0.1, 0.15) is 11.9 Å². The quantitative estimate of drug-likeness (QED) is 0.375. The second-order valence-electron chi connectivity index (χ2n) is 4.02. The van der Waals surface area contributed by atoms with Gasteiger partial charge < -0.3 is 10.5 Å². The summed E-state index contributed by atoms with van der Waals surface area (Å²) in [5.74, 6) is 0.808. The van der Waals surface area contributed by atoms with Gasteiger partial charge in [0.2, 0.25) is 5.88 Å². The van der Waals surface area contributed by atoms with Gasteiger partial charge in [-0.3, -0.25) is 15.5 Å². The average Bonchev–Trinajstić information content (AvgIpc) is 2.49. The average molecular weight is 317 g/mol. The van der Waals surface area contributed by atoms with Gasteiger partial charge in [-0.15, -0.1) is 0 Å². The topological polar surface area (TPSA) is 116 Å². The van der Waals surface area contributed by atoms with Gasteiger partial charge in [-0.2, -0.15) is 5.10 Å². The number of aromatic nitrogens is 1. The van der Waals surface area contributed by atoms with Crippen molar-refractivity contribution in [3.8, 4) is 11.6 Å². The SMILES string of the molecule is NC(=S)NN=Cc1ccc(Oc2ccc([N+](=O)[O-])cn2)cc1. The van der Waals surface area contributed by atoms with E-state index in [1.807, 2.05) is 0 Å². The number of hydrogen-bond acceptors (Lipinski definition) is 6. The molecule has 3 N–H and O–H groups in total. The van der Waals surface area contributed by atoms with Gasteiger partial charge in [0.15, 0.2) is 5.11 Å². The first-order valence-electron chi connectivity index (χ1n) is 6.01. The lowest BCUT2D eigenvalue weighted by Gasteiger charge is -2.04. The van der Waals surface area contributed by atoms with Gasteiger partial charge in [-0.1, -0.05) is 0 Å². The molecule has 0 radical (unpaired) electrons. The molecular formula is C13H11N5O3S. The molecular weight excluding hydrogens is 306 g/mol. The molecule has 0 saturated carbocycles. The summed E-state index contributed by atoms with van der Waals surface area (Å²) in [6.07, 6.45) is 2.69. The molecule has 0 aliphatic carbocycles. The van der Waals surface area contributed by atoms with Crippen molar-refractivity contribution in [3.63, 3.8) is 0 Å². The Bertz CT molecular complexity index is 701. The molecule has 1 aromatic heterocycles. The summed E-state index contributed by atoms with van der Waals surface area (Å²) < 4.78 is 5.48. The Kier molecular flexibility index (Phi) is 4.94. The number of nitrogens with one attached hydrogen (secondary N) is 1. The Hall–Kier alpha value is -3.07. The zero-order chi connectivity index (χ0) is 15.9. The molecule has 9 heteroatoms. The van der Waals surface area contributed by atoms with Crippen LogP contribution in [0.4, 0.5) is 5.69 Å². The number of pyridine rings is 1. The first-order chi connectivity index (χ1) is 10.5.